The largest absolute Gasteiger partial charge is 0.273 e. The molecule has 0 aliphatic rings. The number of alkyl halides is 1. The first-order valence-corrected chi connectivity index (χ1v) is 5.61. The zero-order valence-corrected chi connectivity index (χ0v) is 9.56. The molecule has 3 nitrogen and oxygen atoms in total. The molecule has 2 aromatic heterocycles. The number of rotatable bonds is 2. The maximum atomic E-state index is 5.78. The Morgan fingerprint density at radius 1 is 1.36 bits per heavy atom. The van der Waals surface area contributed by atoms with Crippen LogP contribution in [0.1, 0.15) is 16.5 Å². The van der Waals surface area contributed by atoms with Crippen LogP contribution in [0.5, 0.6) is 0 Å². The molecular weight excluding hydrogens is 218 g/mol. The molecule has 14 heavy (non-hydrogen) atoms. The molecule has 74 valence electrons. The molecule has 0 bridgehead atoms. The van der Waals surface area contributed by atoms with Crippen molar-refractivity contribution >= 4 is 22.9 Å². The first kappa shape index (κ1) is 9.68. The van der Waals surface area contributed by atoms with E-state index >= 15 is 0 Å². The van der Waals surface area contributed by atoms with E-state index in [0.29, 0.717) is 5.88 Å². The van der Waals surface area contributed by atoms with Crippen LogP contribution < -0.4 is 0 Å². The van der Waals surface area contributed by atoms with Gasteiger partial charge in [-0.1, -0.05) is 0 Å². The maximum Gasteiger partial charge on any atom is 0.153 e. The Kier molecular flexibility index (Phi) is 2.56. The highest BCUT2D eigenvalue weighted by Gasteiger charge is 2.10. The lowest BCUT2D eigenvalue weighted by Crippen LogP contribution is -1.98. The van der Waals surface area contributed by atoms with E-state index in [1.807, 2.05) is 11.5 Å². The van der Waals surface area contributed by atoms with E-state index in [9.17, 15) is 0 Å². The Bertz CT molecular complexity index is 447. The van der Waals surface area contributed by atoms with Gasteiger partial charge in [-0.25, -0.2) is 0 Å². The molecule has 0 aromatic carbocycles. The fraction of sp³-hybridized carbons (Fsp3) is 0.333. The Hall–Kier alpha value is -0.870. The van der Waals surface area contributed by atoms with Gasteiger partial charge in [0, 0.05) is 4.88 Å². The molecule has 5 heteroatoms. The molecule has 0 saturated carbocycles. The van der Waals surface area contributed by atoms with E-state index < -0.39 is 0 Å². The Labute approximate surface area is 91.4 Å². The second-order valence-corrected chi connectivity index (χ2v) is 4.55. The van der Waals surface area contributed by atoms with Crippen molar-refractivity contribution in [3.8, 4) is 5.00 Å². The fourth-order valence-electron chi connectivity index (χ4n) is 1.32. The molecule has 0 unspecified atom stereocenters. The van der Waals surface area contributed by atoms with Crippen LogP contribution in [-0.2, 0) is 5.88 Å². The molecule has 0 aliphatic carbocycles. The van der Waals surface area contributed by atoms with Crippen LogP contribution in [0.2, 0.25) is 0 Å². The lowest BCUT2D eigenvalue weighted by atomic mass is 10.5. The number of thiophene rings is 1. The van der Waals surface area contributed by atoms with E-state index in [2.05, 4.69) is 29.3 Å². The van der Waals surface area contributed by atoms with Crippen LogP contribution in [0.4, 0.5) is 0 Å². The van der Waals surface area contributed by atoms with Gasteiger partial charge in [0.15, 0.2) is 5.82 Å². The summed E-state index contributed by atoms with van der Waals surface area (Å²) >= 11 is 7.50. The molecule has 0 amide bonds. The van der Waals surface area contributed by atoms with E-state index in [-0.39, 0.29) is 0 Å². The van der Waals surface area contributed by atoms with Gasteiger partial charge in [-0.15, -0.1) is 33.1 Å². The number of nitrogens with zero attached hydrogens (tertiary/aromatic N) is 3. The van der Waals surface area contributed by atoms with Crippen LogP contribution >= 0.6 is 22.9 Å². The molecule has 0 saturated heterocycles. The summed E-state index contributed by atoms with van der Waals surface area (Å²) in [7, 11) is 0. The quantitative estimate of drug-likeness (QED) is 0.739. The zero-order chi connectivity index (χ0) is 10.1. The van der Waals surface area contributed by atoms with Crippen LogP contribution in [0.15, 0.2) is 12.1 Å². The normalized spacial score (nSPS) is 10.8. The first-order chi connectivity index (χ1) is 6.72. The van der Waals surface area contributed by atoms with Gasteiger partial charge in [-0.3, -0.25) is 4.57 Å². The summed E-state index contributed by atoms with van der Waals surface area (Å²) in [5.41, 5.74) is 0. The number of aryl methyl sites for hydroxylation is 2. The molecule has 0 radical (unpaired) electrons. The summed E-state index contributed by atoms with van der Waals surface area (Å²) in [6.45, 7) is 4.01. The third-order valence-electron chi connectivity index (χ3n) is 1.96. The number of aromatic nitrogens is 3. The van der Waals surface area contributed by atoms with Gasteiger partial charge in [0.25, 0.3) is 0 Å². The molecule has 0 N–H and O–H groups in total. The fourth-order valence-corrected chi connectivity index (χ4v) is 2.43. The van der Waals surface area contributed by atoms with Gasteiger partial charge in [0.1, 0.15) is 10.8 Å². The molecule has 2 heterocycles. The Morgan fingerprint density at radius 3 is 2.71 bits per heavy atom. The van der Waals surface area contributed by atoms with E-state index in [1.165, 1.54) is 4.88 Å². The highest BCUT2D eigenvalue weighted by atomic mass is 35.5. The van der Waals surface area contributed by atoms with Gasteiger partial charge >= 0.3 is 0 Å². The molecule has 0 spiro atoms. The standard InChI is InChI=1S/C9H10ClN3S/c1-6-3-4-9(14-6)13-7(2)11-12-8(13)5-10/h3-4H,5H2,1-2H3. The van der Waals surface area contributed by atoms with Crippen LogP contribution in [-0.4, -0.2) is 14.8 Å². The van der Waals surface area contributed by atoms with Crippen molar-refractivity contribution in [3.05, 3.63) is 28.7 Å². The molecule has 2 rings (SSSR count). The summed E-state index contributed by atoms with van der Waals surface area (Å²) in [5.74, 6) is 2.06. The van der Waals surface area contributed by atoms with Crippen molar-refractivity contribution in [2.45, 2.75) is 19.7 Å². The average Bonchev–Trinajstić information content (AvgIpc) is 2.71. The molecule has 2 aromatic rings. The van der Waals surface area contributed by atoms with Crippen molar-refractivity contribution in [2.24, 2.45) is 0 Å². The molecule has 0 fully saturated rings. The summed E-state index contributed by atoms with van der Waals surface area (Å²) in [4.78, 5) is 1.27. The summed E-state index contributed by atoms with van der Waals surface area (Å²) in [5, 5.41) is 9.14. The smallest absolute Gasteiger partial charge is 0.153 e. The number of hydrogen-bond donors (Lipinski definition) is 0. The second kappa shape index (κ2) is 3.71. The van der Waals surface area contributed by atoms with Gasteiger partial charge < -0.3 is 0 Å². The maximum absolute atomic E-state index is 5.78. The lowest BCUT2D eigenvalue weighted by molar-refractivity contribution is 0.943. The SMILES string of the molecule is Cc1ccc(-n2c(C)nnc2CCl)s1. The minimum atomic E-state index is 0.387. The second-order valence-electron chi connectivity index (χ2n) is 3.02. The highest BCUT2D eigenvalue weighted by Crippen LogP contribution is 2.22. The van der Waals surface area contributed by atoms with Gasteiger partial charge in [-0.05, 0) is 26.0 Å². The predicted molar refractivity (Wildman–Crippen MR) is 58.3 cm³/mol. The highest BCUT2D eigenvalue weighted by molar-refractivity contribution is 7.14. The monoisotopic (exact) mass is 227 g/mol. The summed E-state index contributed by atoms with van der Waals surface area (Å²) in [6.07, 6.45) is 0. The average molecular weight is 228 g/mol. The molecule has 0 aliphatic heterocycles. The molecule has 0 atom stereocenters. The van der Waals surface area contributed by atoms with Gasteiger partial charge in [-0.2, -0.15) is 0 Å². The Balaban J connectivity index is 2.54. The lowest BCUT2D eigenvalue weighted by Gasteiger charge is -2.02. The minimum Gasteiger partial charge on any atom is -0.273 e. The van der Waals surface area contributed by atoms with Crippen molar-refractivity contribution in [1.29, 1.82) is 0 Å². The van der Waals surface area contributed by atoms with Crippen molar-refractivity contribution < 1.29 is 0 Å². The van der Waals surface area contributed by atoms with Crippen molar-refractivity contribution in [1.82, 2.24) is 14.8 Å². The summed E-state index contributed by atoms with van der Waals surface area (Å²) in [6, 6.07) is 4.14. The first-order valence-electron chi connectivity index (χ1n) is 4.26. The predicted octanol–water partition coefficient (Wildman–Crippen LogP) is 2.68. The van der Waals surface area contributed by atoms with Crippen LogP contribution in [0, 0.1) is 13.8 Å². The van der Waals surface area contributed by atoms with Crippen molar-refractivity contribution in [3.63, 3.8) is 0 Å². The third-order valence-corrected chi connectivity index (χ3v) is 3.18. The van der Waals surface area contributed by atoms with Gasteiger partial charge in [0.2, 0.25) is 0 Å². The van der Waals surface area contributed by atoms with E-state index in [0.717, 1.165) is 16.6 Å². The minimum absolute atomic E-state index is 0.387. The zero-order valence-electron chi connectivity index (χ0n) is 7.99. The third kappa shape index (κ3) is 1.55. The number of halogens is 1. The summed E-state index contributed by atoms with van der Waals surface area (Å²) < 4.78 is 1.99. The Morgan fingerprint density at radius 2 is 2.14 bits per heavy atom. The van der Waals surface area contributed by atoms with E-state index in [4.69, 9.17) is 11.6 Å². The van der Waals surface area contributed by atoms with Gasteiger partial charge in [0.05, 0.1) is 5.88 Å². The van der Waals surface area contributed by atoms with Crippen LogP contribution in [0.3, 0.4) is 0 Å². The van der Waals surface area contributed by atoms with Crippen LogP contribution in [0.25, 0.3) is 5.00 Å². The molecular formula is C9H10ClN3S. The van der Waals surface area contributed by atoms with E-state index in [1.54, 1.807) is 11.3 Å². The topological polar surface area (TPSA) is 30.7 Å². The number of hydrogen-bond acceptors (Lipinski definition) is 3. The van der Waals surface area contributed by atoms with Crippen molar-refractivity contribution in [2.75, 3.05) is 0 Å².